The fourth-order valence-electron chi connectivity index (χ4n) is 5.43. The van der Waals surface area contributed by atoms with E-state index in [4.69, 9.17) is 4.74 Å². The number of carboxylic acid groups (broad SMARTS) is 1. The number of aliphatic hydroxyl groups is 1. The molecule has 2 N–H and O–H groups in total. The molecule has 5 nitrogen and oxygen atoms in total. The van der Waals surface area contributed by atoms with E-state index < -0.39 is 35.5 Å². The van der Waals surface area contributed by atoms with Crippen molar-refractivity contribution in [2.45, 2.75) is 58.7 Å². The first kappa shape index (κ1) is 21.6. The highest BCUT2D eigenvalue weighted by Crippen LogP contribution is 2.56. The summed E-state index contributed by atoms with van der Waals surface area (Å²) in [4.78, 5) is 24.7. The Balaban J connectivity index is 1.89. The molecule has 5 heteroatoms. The molecule has 0 aliphatic heterocycles. The van der Waals surface area contributed by atoms with Gasteiger partial charge in [-0.05, 0) is 49.2 Å². The second-order valence-corrected chi connectivity index (χ2v) is 9.16. The summed E-state index contributed by atoms with van der Waals surface area (Å²) in [5.41, 5.74) is 0.343. The summed E-state index contributed by atoms with van der Waals surface area (Å²) in [6.45, 7) is 6.14. The van der Waals surface area contributed by atoms with Gasteiger partial charge in [0.2, 0.25) is 0 Å². The maximum atomic E-state index is 12.7. The third-order valence-corrected chi connectivity index (χ3v) is 7.14. The molecule has 1 aromatic rings. The minimum Gasteiger partial charge on any atom is -0.481 e. The van der Waals surface area contributed by atoms with Gasteiger partial charge in [0.15, 0.2) is 0 Å². The number of carbonyl (C=O) groups is 2. The minimum absolute atomic E-state index is 0.0781. The number of ether oxygens (including phenoxy) is 1. The molecular formula is C24H32O5. The molecule has 0 heterocycles. The fraction of sp³-hybridized carbons (Fsp3) is 0.583. The van der Waals surface area contributed by atoms with Gasteiger partial charge in [0.05, 0.1) is 12.0 Å². The average molecular weight is 401 g/mol. The molecule has 0 amide bonds. The van der Waals surface area contributed by atoms with Crippen LogP contribution in [0.4, 0.5) is 0 Å². The van der Waals surface area contributed by atoms with Crippen LogP contribution in [0.25, 0.3) is 6.08 Å². The van der Waals surface area contributed by atoms with Gasteiger partial charge in [-0.1, -0.05) is 51.1 Å². The molecule has 2 aliphatic carbocycles. The Labute approximate surface area is 172 Å². The van der Waals surface area contributed by atoms with E-state index in [0.29, 0.717) is 12.8 Å². The van der Waals surface area contributed by atoms with Gasteiger partial charge >= 0.3 is 11.9 Å². The van der Waals surface area contributed by atoms with Crippen molar-refractivity contribution in [1.29, 1.82) is 0 Å². The Morgan fingerprint density at radius 3 is 2.48 bits per heavy atom. The molecule has 0 aromatic heterocycles. The van der Waals surface area contributed by atoms with Crippen LogP contribution in [0, 0.1) is 29.1 Å². The van der Waals surface area contributed by atoms with Gasteiger partial charge in [-0.25, -0.2) is 4.79 Å². The van der Waals surface area contributed by atoms with Gasteiger partial charge in [-0.3, -0.25) is 4.79 Å². The van der Waals surface area contributed by atoms with E-state index in [1.54, 1.807) is 6.08 Å². The number of rotatable bonds is 5. The third kappa shape index (κ3) is 4.40. The van der Waals surface area contributed by atoms with Crippen LogP contribution in [0.2, 0.25) is 0 Å². The van der Waals surface area contributed by atoms with Gasteiger partial charge in [-0.15, -0.1) is 0 Å². The highest BCUT2D eigenvalue weighted by atomic mass is 16.5. The van der Waals surface area contributed by atoms with Crippen LogP contribution in [0.15, 0.2) is 36.4 Å². The average Bonchev–Trinajstić information content (AvgIpc) is 2.68. The fourth-order valence-corrected chi connectivity index (χ4v) is 5.43. The summed E-state index contributed by atoms with van der Waals surface area (Å²) in [6.07, 6.45) is 4.48. The lowest BCUT2D eigenvalue weighted by atomic mass is 9.51. The summed E-state index contributed by atoms with van der Waals surface area (Å²) in [6, 6.07) is 9.50. The largest absolute Gasteiger partial charge is 0.481 e. The molecule has 0 spiro atoms. The van der Waals surface area contributed by atoms with Gasteiger partial charge in [0.25, 0.3) is 0 Å². The molecule has 2 fully saturated rings. The number of aliphatic hydroxyl groups excluding tert-OH is 1. The Kier molecular flexibility index (Phi) is 6.47. The zero-order valence-electron chi connectivity index (χ0n) is 17.5. The highest BCUT2D eigenvalue weighted by Gasteiger charge is 2.58. The second-order valence-electron chi connectivity index (χ2n) is 9.16. The number of hydrogen-bond acceptors (Lipinski definition) is 4. The SMILES string of the molecule is CC(C)[C@@H]1CC[C@]2(C)[C@@H]([C@@H]1OC(=O)/C=C/c1ccccc1)[C@@H](C(=O)O)CC[C@@H]2O. The molecule has 0 unspecified atom stereocenters. The maximum absolute atomic E-state index is 12.7. The Bertz CT molecular complexity index is 756. The minimum atomic E-state index is -0.863. The van der Waals surface area contributed by atoms with E-state index >= 15 is 0 Å². The van der Waals surface area contributed by atoms with Gasteiger partial charge in [0, 0.05) is 17.4 Å². The second kappa shape index (κ2) is 8.70. The smallest absolute Gasteiger partial charge is 0.331 e. The van der Waals surface area contributed by atoms with Crippen LogP contribution in [-0.4, -0.2) is 34.4 Å². The lowest BCUT2D eigenvalue weighted by molar-refractivity contribution is -0.197. The van der Waals surface area contributed by atoms with E-state index in [9.17, 15) is 19.8 Å². The van der Waals surface area contributed by atoms with Crippen LogP contribution < -0.4 is 0 Å². The number of hydrogen-bond donors (Lipinski definition) is 2. The summed E-state index contributed by atoms with van der Waals surface area (Å²) < 4.78 is 5.95. The van der Waals surface area contributed by atoms with Crippen LogP contribution in [-0.2, 0) is 14.3 Å². The van der Waals surface area contributed by atoms with Crippen LogP contribution >= 0.6 is 0 Å². The Morgan fingerprint density at radius 1 is 1.17 bits per heavy atom. The molecule has 2 saturated carbocycles. The first-order valence-corrected chi connectivity index (χ1v) is 10.6. The molecule has 158 valence electrons. The van der Waals surface area contributed by atoms with Crippen molar-refractivity contribution < 1.29 is 24.5 Å². The van der Waals surface area contributed by atoms with E-state index in [1.807, 2.05) is 37.3 Å². The van der Waals surface area contributed by atoms with E-state index in [0.717, 1.165) is 18.4 Å². The van der Waals surface area contributed by atoms with Gasteiger partial charge < -0.3 is 14.9 Å². The molecule has 0 bridgehead atoms. The molecule has 0 radical (unpaired) electrons. The number of carbonyl (C=O) groups excluding carboxylic acids is 1. The van der Waals surface area contributed by atoms with Crippen LogP contribution in [0.3, 0.4) is 0 Å². The number of fused-ring (bicyclic) bond motifs is 1. The predicted octanol–water partition coefficient (Wildman–Crippen LogP) is 4.16. The predicted molar refractivity (Wildman–Crippen MR) is 111 cm³/mol. The molecule has 3 rings (SSSR count). The van der Waals surface area contributed by atoms with Gasteiger partial charge in [-0.2, -0.15) is 0 Å². The van der Waals surface area contributed by atoms with Crippen molar-refractivity contribution in [3.05, 3.63) is 42.0 Å². The summed E-state index contributed by atoms with van der Waals surface area (Å²) >= 11 is 0. The van der Waals surface area contributed by atoms with E-state index in [-0.39, 0.29) is 17.8 Å². The van der Waals surface area contributed by atoms with Crippen LogP contribution in [0.5, 0.6) is 0 Å². The summed E-state index contributed by atoms with van der Waals surface area (Å²) in [5, 5.41) is 20.6. The normalized spacial score (nSPS) is 34.7. The van der Waals surface area contributed by atoms with Gasteiger partial charge in [0.1, 0.15) is 6.10 Å². The first-order chi connectivity index (χ1) is 13.7. The van der Waals surface area contributed by atoms with Crippen molar-refractivity contribution in [2.24, 2.45) is 29.1 Å². The van der Waals surface area contributed by atoms with Crippen molar-refractivity contribution in [1.82, 2.24) is 0 Å². The van der Waals surface area contributed by atoms with Crippen molar-refractivity contribution in [3.63, 3.8) is 0 Å². The molecule has 0 saturated heterocycles. The number of carboxylic acids is 1. The third-order valence-electron chi connectivity index (χ3n) is 7.14. The zero-order valence-corrected chi connectivity index (χ0v) is 17.5. The van der Waals surface area contributed by atoms with Crippen LogP contribution in [0.1, 0.15) is 52.0 Å². The lowest BCUT2D eigenvalue weighted by Crippen LogP contribution is -2.59. The monoisotopic (exact) mass is 400 g/mol. The van der Waals surface area contributed by atoms with Crippen molar-refractivity contribution in [3.8, 4) is 0 Å². The van der Waals surface area contributed by atoms with Crippen molar-refractivity contribution >= 4 is 18.0 Å². The Morgan fingerprint density at radius 2 is 1.86 bits per heavy atom. The topological polar surface area (TPSA) is 83.8 Å². The summed E-state index contributed by atoms with van der Waals surface area (Å²) in [5.74, 6) is -1.99. The maximum Gasteiger partial charge on any atom is 0.331 e. The number of aliphatic carboxylic acids is 1. The molecule has 1 aromatic carbocycles. The summed E-state index contributed by atoms with van der Waals surface area (Å²) in [7, 11) is 0. The highest BCUT2D eigenvalue weighted by molar-refractivity contribution is 5.87. The Hall–Kier alpha value is -2.14. The molecule has 2 aliphatic rings. The number of benzene rings is 1. The van der Waals surface area contributed by atoms with E-state index in [2.05, 4.69) is 13.8 Å². The molecule has 29 heavy (non-hydrogen) atoms. The number of esters is 1. The van der Waals surface area contributed by atoms with Crippen molar-refractivity contribution in [2.75, 3.05) is 0 Å². The standard InChI is InChI=1S/C24H32O5/c1-15(2)17-13-14-24(3)19(25)11-10-18(23(27)28)21(24)22(17)29-20(26)12-9-16-7-5-4-6-8-16/h4-9,12,15,17-19,21-22,25H,10-11,13-14H2,1-3H3,(H,27,28)/b12-9+/t17-,18-,19-,21+,22+,24-/m0/s1. The van der Waals surface area contributed by atoms with E-state index in [1.165, 1.54) is 6.08 Å². The zero-order chi connectivity index (χ0) is 21.2. The first-order valence-electron chi connectivity index (χ1n) is 10.6. The molecular weight excluding hydrogens is 368 g/mol. The quantitative estimate of drug-likeness (QED) is 0.573. The lowest BCUT2D eigenvalue weighted by Gasteiger charge is -2.56. The molecule has 6 atom stereocenters.